The lowest BCUT2D eigenvalue weighted by atomic mass is 9.96. The first kappa shape index (κ1) is 19.0. The highest BCUT2D eigenvalue weighted by molar-refractivity contribution is 5.92. The van der Waals surface area contributed by atoms with Crippen LogP contribution in [0.2, 0.25) is 0 Å². The number of hydrogen-bond donors (Lipinski definition) is 2. The molecule has 1 fully saturated rings. The van der Waals surface area contributed by atoms with E-state index in [-0.39, 0.29) is 17.7 Å². The molecule has 2 aromatic rings. The molecule has 2 atom stereocenters. The molecule has 0 saturated carbocycles. The number of rotatable bonds is 5. The third-order valence-corrected chi connectivity index (χ3v) is 4.84. The molecule has 8 nitrogen and oxygen atoms in total. The van der Waals surface area contributed by atoms with Crippen LogP contribution >= 0.6 is 0 Å². The first-order valence-electron chi connectivity index (χ1n) is 9.17. The van der Waals surface area contributed by atoms with Gasteiger partial charge in [0, 0.05) is 37.6 Å². The minimum atomic E-state index is -0.459. The first-order chi connectivity index (χ1) is 13.0. The van der Waals surface area contributed by atoms with Crippen LogP contribution in [0.15, 0.2) is 30.6 Å². The van der Waals surface area contributed by atoms with Crippen molar-refractivity contribution < 1.29 is 9.59 Å². The van der Waals surface area contributed by atoms with Crippen molar-refractivity contribution in [1.29, 1.82) is 0 Å². The van der Waals surface area contributed by atoms with Crippen LogP contribution in [-0.2, 0) is 16.6 Å². The number of aromatic nitrogens is 3. The molecule has 1 aliphatic rings. The second-order valence-electron chi connectivity index (χ2n) is 6.95. The summed E-state index contributed by atoms with van der Waals surface area (Å²) in [5.41, 5.74) is 1.67. The molecule has 3 rings (SSSR count). The zero-order valence-corrected chi connectivity index (χ0v) is 16.0. The Morgan fingerprint density at radius 3 is 2.81 bits per heavy atom. The first-order valence-corrected chi connectivity index (χ1v) is 9.17. The Labute approximate surface area is 159 Å². The van der Waals surface area contributed by atoms with Gasteiger partial charge in [-0.3, -0.25) is 14.3 Å². The summed E-state index contributed by atoms with van der Waals surface area (Å²) in [7, 11) is 3.58. The second kappa shape index (κ2) is 8.30. The van der Waals surface area contributed by atoms with Gasteiger partial charge in [0.25, 0.3) is 0 Å². The number of anilines is 1. The number of nitrogens with one attached hydrogen (secondary N) is 2. The monoisotopic (exact) mass is 370 g/mol. The van der Waals surface area contributed by atoms with E-state index in [0.29, 0.717) is 18.9 Å². The number of carbonyl (C=O) groups excluding carboxylic acids is 2. The van der Waals surface area contributed by atoms with Gasteiger partial charge in [-0.05, 0) is 38.9 Å². The summed E-state index contributed by atoms with van der Waals surface area (Å²) >= 11 is 0. The third kappa shape index (κ3) is 4.51. The molecule has 1 saturated heterocycles. The molecule has 0 aromatic carbocycles. The van der Waals surface area contributed by atoms with Gasteiger partial charge in [-0.2, -0.15) is 5.10 Å². The maximum absolute atomic E-state index is 13.0. The van der Waals surface area contributed by atoms with Crippen LogP contribution in [0.4, 0.5) is 5.82 Å². The minimum Gasteiger partial charge on any atom is -0.340 e. The van der Waals surface area contributed by atoms with Crippen LogP contribution in [0.1, 0.15) is 30.1 Å². The lowest BCUT2D eigenvalue weighted by molar-refractivity contribution is -0.136. The summed E-state index contributed by atoms with van der Waals surface area (Å²) in [6, 6.07) is 5.06. The van der Waals surface area contributed by atoms with E-state index in [2.05, 4.69) is 20.7 Å². The number of carbonyl (C=O) groups is 2. The zero-order chi connectivity index (χ0) is 19.4. The lowest BCUT2D eigenvalue weighted by Gasteiger charge is -2.34. The highest BCUT2D eigenvalue weighted by atomic mass is 16.2. The number of nitrogens with zero attached hydrogens (tertiary/aromatic N) is 4. The van der Waals surface area contributed by atoms with Gasteiger partial charge in [0.05, 0.1) is 12.1 Å². The van der Waals surface area contributed by atoms with E-state index in [1.165, 1.54) is 0 Å². The van der Waals surface area contributed by atoms with Crippen LogP contribution in [-0.4, -0.2) is 51.6 Å². The molecule has 27 heavy (non-hydrogen) atoms. The molecule has 0 bridgehead atoms. The fourth-order valence-corrected chi connectivity index (χ4v) is 3.44. The van der Waals surface area contributed by atoms with Crippen molar-refractivity contribution in [2.45, 2.75) is 25.8 Å². The van der Waals surface area contributed by atoms with Crippen LogP contribution in [0, 0.1) is 12.8 Å². The average Bonchev–Trinajstić information content (AvgIpc) is 3.08. The predicted molar refractivity (Wildman–Crippen MR) is 102 cm³/mol. The highest BCUT2D eigenvalue weighted by Gasteiger charge is 2.32. The van der Waals surface area contributed by atoms with Crippen LogP contribution in [0.25, 0.3) is 0 Å². The van der Waals surface area contributed by atoms with E-state index in [0.717, 1.165) is 24.1 Å². The smallest absolute Gasteiger partial charge is 0.244 e. The summed E-state index contributed by atoms with van der Waals surface area (Å²) in [6.45, 7) is 2.95. The maximum atomic E-state index is 13.0. The SMILES string of the molecule is CNC(C(=O)N1CCCC(C(=O)Nc2cccc(C)n2)C1)c1cnn(C)c1. The Morgan fingerprint density at radius 2 is 2.15 bits per heavy atom. The number of amides is 2. The Bertz CT molecular complexity index is 818. The molecule has 0 radical (unpaired) electrons. The summed E-state index contributed by atoms with van der Waals surface area (Å²) in [5.74, 6) is 0.188. The van der Waals surface area contributed by atoms with Gasteiger partial charge in [0.1, 0.15) is 11.9 Å². The molecular weight excluding hydrogens is 344 g/mol. The number of aryl methyl sites for hydroxylation is 2. The molecule has 3 heterocycles. The Kier molecular flexibility index (Phi) is 5.85. The second-order valence-corrected chi connectivity index (χ2v) is 6.95. The molecule has 144 valence electrons. The van der Waals surface area contributed by atoms with E-state index in [1.54, 1.807) is 28.9 Å². The predicted octanol–water partition coefficient (Wildman–Crippen LogP) is 1.26. The molecule has 0 spiro atoms. The van der Waals surface area contributed by atoms with Crippen molar-refractivity contribution in [3.63, 3.8) is 0 Å². The summed E-state index contributed by atoms with van der Waals surface area (Å²) in [4.78, 5) is 31.7. The highest BCUT2D eigenvalue weighted by Crippen LogP contribution is 2.22. The van der Waals surface area contributed by atoms with Gasteiger partial charge >= 0.3 is 0 Å². The van der Waals surface area contributed by atoms with Crippen LogP contribution in [0.5, 0.6) is 0 Å². The van der Waals surface area contributed by atoms with Crippen LogP contribution < -0.4 is 10.6 Å². The Hall–Kier alpha value is -2.74. The van der Waals surface area contributed by atoms with Crippen molar-refractivity contribution in [2.24, 2.45) is 13.0 Å². The average molecular weight is 370 g/mol. The third-order valence-electron chi connectivity index (χ3n) is 4.84. The van der Waals surface area contributed by atoms with Crippen LogP contribution in [0.3, 0.4) is 0 Å². The Balaban J connectivity index is 1.65. The molecule has 1 aliphatic heterocycles. The van der Waals surface area contributed by atoms with Crippen molar-refractivity contribution in [1.82, 2.24) is 25.0 Å². The van der Waals surface area contributed by atoms with Crippen molar-refractivity contribution >= 4 is 17.6 Å². The maximum Gasteiger partial charge on any atom is 0.244 e. The number of likely N-dealkylation sites (tertiary alicyclic amines) is 1. The molecule has 2 unspecified atom stereocenters. The Morgan fingerprint density at radius 1 is 1.33 bits per heavy atom. The fourth-order valence-electron chi connectivity index (χ4n) is 3.44. The number of piperidine rings is 1. The van der Waals surface area contributed by atoms with Gasteiger partial charge < -0.3 is 15.5 Å². The summed E-state index contributed by atoms with van der Waals surface area (Å²) < 4.78 is 1.67. The summed E-state index contributed by atoms with van der Waals surface area (Å²) in [6.07, 6.45) is 5.08. The number of pyridine rings is 1. The quantitative estimate of drug-likeness (QED) is 0.827. The van der Waals surface area contributed by atoms with E-state index in [4.69, 9.17) is 0 Å². The lowest BCUT2D eigenvalue weighted by Crippen LogP contribution is -2.47. The van der Waals surface area contributed by atoms with Gasteiger partial charge in [-0.25, -0.2) is 4.98 Å². The van der Waals surface area contributed by atoms with E-state index < -0.39 is 6.04 Å². The molecule has 2 amide bonds. The topological polar surface area (TPSA) is 92.2 Å². The minimum absolute atomic E-state index is 0.0309. The zero-order valence-electron chi connectivity index (χ0n) is 16.0. The standard InChI is InChI=1S/C19H26N6O2/c1-13-6-4-8-16(22-13)23-18(26)14-7-5-9-25(12-14)19(27)17(20-2)15-10-21-24(3)11-15/h4,6,8,10-11,14,17,20H,5,7,9,12H2,1-3H3,(H,22,23,26). The van der Waals surface area contributed by atoms with Crippen molar-refractivity contribution in [2.75, 3.05) is 25.5 Å². The van der Waals surface area contributed by atoms with Crippen molar-refractivity contribution in [3.8, 4) is 0 Å². The number of hydrogen-bond acceptors (Lipinski definition) is 5. The molecular formula is C19H26N6O2. The number of likely N-dealkylation sites (N-methyl/N-ethyl adjacent to an activating group) is 1. The molecule has 8 heteroatoms. The van der Waals surface area contributed by atoms with Crippen molar-refractivity contribution in [3.05, 3.63) is 41.9 Å². The van der Waals surface area contributed by atoms with E-state index in [1.807, 2.05) is 32.3 Å². The fraction of sp³-hybridized carbons (Fsp3) is 0.474. The molecule has 0 aliphatic carbocycles. The normalized spacial score (nSPS) is 18.2. The van der Waals surface area contributed by atoms with Gasteiger partial charge in [0.15, 0.2) is 0 Å². The van der Waals surface area contributed by atoms with E-state index >= 15 is 0 Å². The largest absolute Gasteiger partial charge is 0.340 e. The van der Waals surface area contributed by atoms with Gasteiger partial charge in [-0.1, -0.05) is 6.07 Å². The summed E-state index contributed by atoms with van der Waals surface area (Å²) in [5, 5.41) is 10.1. The van der Waals surface area contributed by atoms with Gasteiger partial charge in [0.2, 0.25) is 11.8 Å². The van der Waals surface area contributed by atoms with E-state index in [9.17, 15) is 9.59 Å². The van der Waals surface area contributed by atoms with Gasteiger partial charge in [-0.15, -0.1) is 0 Å². The molecule has 2 aromatic heterocycles. The molecule has 2 N–H and O–H groups in total.